The molecule has 0 spiro atoms. The Labute approximate surface area is 217 Å². The molecule has 17 heteroatoms. The topological polar surface area (TPSA) is 116 Å². The van der Waals surface area contributed by atoms with Crippen LogP contribution in [0.2, 0.25) is 0 Å². The van der Waals surface area contributed by atoms with Gasteiger partial charge in [0, 0.05) is 24.1 Å². The van der Waals surface area contributed by atoms with Crippen LogP contribution in [0.15, 0.2) is 42.7 Å². The molecule has 2 atom stereocenters. The number of likely N-dealkylation sites (tertiary alicyclic amines) is 1. The number of piperidine rings is 1. The number of halogens is 6. The summed E-state index contributed by atoms with van der Waals surface area (Å²) in [6, 6.07) is 6.76. The van der Waals surface area contributed by atoms with Crippen molar-refractivity contribution in [3.8, 4) is 5.75 Å². The first-order valence-corrected chi connectivity index (χ1v) is 14.1. The third-order valence-electron chi connectivity index (χ3n) is 6.79. The smallest absolute Gasteiger partial charge is 0.376 e. The van der Waals surface area contributed by atoms with Gasteiger partial charge in [0.2, 0.25) is 0 Å². The fourth-order valence-corrected chi connectivity index (χ4v) is 6.33. The number of carbonyl (C=O) groups is 1. The number of amides is 1. The Bertz CT molecular complexity index is 1700. The number of benzene rings is 2. The van der Waals surface area contributed by atoms with Gasteiger partial charge in [0.05, 0.1) is 11.0 Å². The van der Waals surface area contributed by atoms with Gasteiger partial charge >= 0.3 is 31.2 Å². The van der Waals surface area contributed by atoms with Gasteiger partial charge in [-0.15, -0.1) is 0 Å². The molecule has 5 rings (SSSR count). The fraction of sp³-hybridized carbons (Fsp3) is 0.364. The van der Waals surface area contributed by atoms with Crippen LogP contribution in [0, 0.1) is 0 Å². The van der Waals surface area contributed by atoms with Crippen molar-refractivity contribution in [2.45, 2.75) is 42.2 Å². The molecule has 210 valence electrons. The van der Waals surface area contributed by atoms with Crippen molar-refractivity contribution in [2.24, 2.45) is 0 Å². The van der Waals surface area contributed by atoms with Gasteiger partial charge in [-0.2, -0.15) is 43.2 Å². The Morgan fingerprint density at radius 1 is 0.974 bits per heavy atom. The van der Waals surface area contributed by atoms with Crippen LogP contribution in [-0.2, 0) is 26.6 Å². The average Bonchev–Trinajstić information content (AvgIpc) is 3.43. The van der Waals surface area contributed by atoms with E-state index < -0.39 is 48.9 Å². The van der Waals surface area contributed by atoms with E-state index >= 15 is 0 Å². The number of rotatable bonds is 4. The third-order valence-corrected chi connectivity index (χ3v) is 9.16. The molecule has 2 heterocycles. The molecule has 0 N–H and O–H groups in total. The molecule has 1 aromatic heterocycles. The Morgan fingerprint density at radius 2 is 1.69 bits per heavy atom. The van der Waals surface area contributed by atoms with Crippen LogP contribution in [0.3, 0.4) is 0 Å². The van der Waals surface area contributed by atoms with Crippen LogP contribution in [-0.4, -0.2) is 60.2 Å². The molecular weight excluding hydrogens is 580 g/mol. The van der Waals surface area contributed by atoms with Crippen molar-refractivity contribution in [3.05, 3.63) is 59.4 Å². The summed E-state index contributed by atoms with van der Waals surface area (Å²) in [7, 11) is -11.6. The second kappa shape index (κ2) is 8.84. The molecule has 1 fully saturated rings. The van der Waals surface area contributed by atoms with E-state index in [9.17, 15) is 48.0 Å². The van der Waals surface area contributed by atoms with Crippen molar-refractivity contribution < 1.29 is 52.2 Å². The minimum absolute atomic E-state index is 0.0141. The molecule has 2 aromatic carbocycles. The lowest BCUT2D eigenvalue weighted by Crippen LogP contribution is -2.46. The Balaban J connectivity index is 1.41. The molecule has 1 unspecified atom stereocenters. The van der Waals surface area contributed by atoms with Crippen molar-refractivity contribution >= 4 is 37.1 Å². The second-order valence-corrected chi connectivity index (χ2v) is 12.4. The number of carbonyl (C=O) groups excluding carboxylic acids is 1. The van der Waals surface area contributed by atoms with E-state index in [0.717, 1.165) is 12.1 Å². The summed E-state index contributed by atoms with van der Waals surface area (Å²) in [5.41, 5.74) is -10.4. The van der Waals surface area contributed by atoms with Crippen molar-refractivity contribution in [1.29, 1.82) is 0 Å². The molecule has 2 aliphatic rings. The summed E-state index contributed by atoms with van der Waals surface area (Å²) >= 11 is 0. The standard InChI is InChI=1S/C22H17F6N3O6S2/c23-21(24,25)38(33,34)31-11-29-17-8-13(4-6-18(17)31)20(32)30-7-1-2-15-16-10-14(5-3-12(16)9-19(15)30)37-39(35,36)22(26,27)28/h3-6,8,10-11,15,19H,1-2,7,9H2/t15?,19-/m0/s1. The summed E-state index contributed by atoms with van der Waals surface area (Å²) in [6.45, 7) is 0.314. The quantitative estimate of drug-likeness (QED) is 0.255. The third kappa shape index (κ3) is 4.50. The minimum Gasteiger partial charge on any atom is -0.376 e. The van der Waals surface area contributed by atoms with Gasteiger partial charge in [-0.25, -0.2) is 8.96 Å². The molecule has 1 saturated heterocycles. The average molecular weight is 598 g/mol. The zero-order valence-corrected chi connectivity index (χ0v) is 21.0. The highest BCUT2D eigenvalue weighted by atomic mass is 32.2. The molecule has 3 aromatic rings. The van der Waals surface area contributed by atoms with E-state index in [1.165, 1.54) is 29.2 Å². The predicted octanol–water partition coefficient (Wildman–Crippen LogP) is 3.91. The van der Waals surface area contributed by atoms with Crippen LogP contribution >= 0.6 is 0 Å². The summed E-state index contributed by atoms with van der Waals surface area (Å²) in [5, 5.41) is 0. The van der Waals surface area contributed by atoms with Crippen LogP contribution in [0.25, 0.3) is 11.0 Å². The van der Waals surface area contributed by atoms with Crippen LogP contribution in [0.1, 0.15) is 40.2 Å². The molecule has 1 amide bonds. The first kappa shape index (κ1) is 27.2. The van der Waals surface area contributed by atoms with E-state index in [0.29, 0.717) is 43.3 Å². The van der Waals surface area contributed by atoms with E-state index in [2.05, 4.69) is 9.17 Å². The van der Waals surface area contributed by atoms with Crippen molar-refractivity contribution in [3.63, 3.8) is 0 Å². The Hall–Kier alpha value is -3.34. The molecule has 0 bridgehead atoms. The number of imidazole rings is 1. The maximum atomic E-state index is 13.4. The maximum Gasteiger partial charge on any atom is 0.534 e. The zero-order chi connectivity index (χ0) is 28.5. The molecule has 0 radical (unpaired) electrons. The molecule has 9 nitrogen and oxygen atoms in total. The largest absolute Gasteiger partial charge is 0.534 e. The highest BCUT2D eigenvalue weighted by Crippen LogP contribution is 2.44. The molecule has 1 aliphatic heterocycles. The maximum absolute atomic E-state index is 13.4. The van der Waals surface area contributed by atoms with Gasteiger partial charge in [0.1, 0.15) is 12.1 Å². The zero-order valence-electron chi connectivity index (χ0n) is 19.4. The SMILES string of the molecule is O=C(c1ccc2c(c1)ncn2S(=O)(=O)C(F)(F)F)N1CCCC2c3cc(OS(=O)(=O)C(F)(F)F)ccc3C[C@@H]21. The summed E-state index contributed by atoms with van der Waals surface area (Å²) in [4.78, 5) is 18.7. The number of hydrogen-bond acceptors (Lipinski definition) is 7. The minimum atomic E-state index is -5.86. The van der Waals surface area contributed by atoms with Gasteiger partial charge in [-0.3, -0.25) is 4.79 Å². The lowest BCUT2D eigenvalue weighted by atomic mass is 9.88. The highest BCUT2D eigenvalue weighted by Gasteiger charge is 2.49. The molecule has 39 heavy (non-hydrogen) atoms. The molecule has 0 saturated carbocycles. The van der Waals surface area contributed by atoms with Gasteiger partial charge in [0.25, 0.3) is 5.91 Å². The van der Waals surface area contributed by atoms with E-state index in [4.69, 9.17) is 0 Å². The van der Waals surface area contributed by atoms with Crippen LogP contribution in [0.4, 0.5) is 26.3 Å². The van der Waals surface area contributed by atoms with Gasteiger partial charge in [-0.1, -0.05) is 6.07 Å². The number of aromatic nitrogens is 2. The first-order chi connectivity index (χ1) is 18.0. The van der Waals surface area contributed by atoms with E-state index in [1.807, 2.05) is 0 Å². The number of alkyl halides is 6. The lowest BCUT2D eigenvalue weighted by molar-refractivity contribution is -0.0500. The van der Waals surface area contributed by atoms with Crippen LogP contribution < -0.4 is 4.18 Å². The van der Waals surface area contributed by atoms with Gasteiger partial charge in [0.15, 0.2) is 0 Å². The number of nitrogens with zero attached hydrogens (tertiary/aromatic N) is 3. The lowest BCUT2D eigenvalue weighted by Gasteiger charge is -2.38. The van der Waals surface area contributed by atoms with Gasteiger partial charge < -0.3 is 9.08 Å². The Kier molecular flexibility index (Phi) is 6.17. The van der Waals surface area contributed by atoms with E-state index in [-0.39, 0.29) is 26.5 Å². The summed E-state index contributed by atoms with van der Waals surface area (Å²) in [5.74, 6) is -1.33. The normalized spacial score (nSPS) is 20.1. The van der Waals surface area contributed by atoms with Crippen molar-refractivity contribution in [1.82, 2.24) is 13.9 Å². The van der Waals surface area contributed by atoms with Gasteiger partial charge in [-0.05, 0) is 60.7 Å². The van der Waals surface area contributed by atoms with Crippen LogP contribution in [0.5, 0.6) is 5.75 Å². The molecular formula is C22H17F6N3O6S2. The monoisotopic (exact) mass is 597 g/mol. The number of fused-ring (bicyclic) bond motifs is 4. The van der Waals surface area contributed by atoms with Crippen molar-refractivity contribution in [2.75, 3.05) is 6.54 Å². The molecule has 1 aliphatic carbocycles. The fourth-order valence-electron chi connectivity index (χ4n) is 5.07. The predicted molar refractivity (Wildman–Crippen MR) is 123 cm³/mol. The van der Waals surface area contributed by atoms with E-state index in [1.54, 1.807) is 0 Å². The summed E-state index contributed by atoms with van der Waals surface area (Å²) in [6.07, 6.45) is 1.91. The summed E-state index contributed by atoms with van der Waals surface area (Å²) < 4.78 is 128. The first-order valence-electron chi connectivity index (χ1n) is 11.2. The Morgan fingerprint density at radius 3 is 2.36 bits per heavy atom. The number of hydrogen-bond donors (Lipinski definition) is 0. The highest BCUT2D eigenvalue weighted by molar-refractivity contribution is 7.91. The second-order valence-electron chi connectivity index (χ2n) is 9.06.